The summed E-state index contributed by atoms with van der Waals surface area (Å²) in [5.74, 6) is 0.0520. The Morgan fingerprint density at radius 2 is 2.17 bits per heavy atom. The van der Waals surface area contributed by atoms with Crippen LogP contribution >= 0.6 is 11.6 Å². The zero-order valence-corrected chi connectivity index (χ0v) is 10.4. The van der Waals surface area contributed by atoms with Gasteiger partial charge in [0.2, 0.25) is 0 Å². The fourth-order valence-electron chi connectivity index (χ4n) is 1.65. The molecule has 2 aromatic rings. The number of hydrogen-bond donors (Lipinski definition) is 1. The number of nitrogens with two attached hydrogens (primary N) is 1. The van der Waals surface area contributed by atoms with Gasteiger partial charge in [-0.3, -0.25) is 4.79 Å². The van der Waals surface area contributed by atoms with Crippen LogP contribution in [0, 0.1) is 0 Å². The molecule has 0 unspecified atom stereocenters. The second kappa shape index (κ2) is 5.71. The minimum atomic E-state index is -0.229. The van der Waals surface area contributed by atoms with Gasteiger partial charge in [0.15, 0.2) is 5.76 Å². The van der Waals surface area contributed by atoms with Crippen LogP contribution in [0.25, 0.3) is 0 Å². The SMILES string of the molecule is NCCN(C(=O)c1ccco1)c1cccc(Cl)c1. The summed E-state index contributed by atoms with van der Waals surface area (Å²) in [5.41, 5.74) is 6.24. The zero-order valence-electron chi connectivity index (χ0n) is 9.67. The molecular weight excluding hydrogens is 252 g/mol. The van der Waals surface area contributed by atoms with Crippen LogP contribution in [-0.4, -0.2) is 19.0 Å². The number of nitrogens with zero attached hydrogens (tertiary/aromatic N) is 1. The number of furan rings is 1. The molecule has 94 valence electrons. The Kier molecular flexibility index (Phi) is 4.02. The van der Waals surface area contributed by atoms with E-state index >= 15 is 0 Å². The van der Waals surface area contributed by atoms with Crippen LogP contribution in [0.5, 0.6) is 0 Å². The third-order valence-corrected chi connectivity index (χ3v) is 2.68. The molecule has 0 saturated heterocycles. The maximum Gasteiger partial charge on any atom is 0.293 e. The van der Waals surface area contributed by atoms with Gasteiger partial charge in [-0.15, -0.1) is 0 Å². The van der Waals surface area contributed by atoms with Crippen molar-refractivity contribution in [2.24, 2.45) is 5.73 Å². The van der Waals surface area contributed by atoms with Crippen LogP contribution in [0.15, 0.2) is 47.1 Å². The second-order valence-electron chi connectivity index (χ2n) is 3.70. The molecular formula is C13H13ClN2O2. The molecule has 2 N–H and O–H groups in total. The highest BCUT2D eigenvalue weighted by Gasteiger charge is 2.19. The molecule has 0 fully saturated rings. The van der Waals surface area contributed by atoms with E-state index in [0.29, 0.717) is 23.8 Å². The molecule has 1 heterocycles. The second-order valence-corrected chi connectivity index (χ2v) is 4.14. The molecule has 0 aliphatic rings. The van der Waals surface area contributed by atoms with Crippen LogP contribution in [-0.2, 0) is 0 Å². The maximum absolute atomic E-state index is 12.2. The van der Waals surface area contributed by atoms with Crippen molar-refractivity contribution in [2.75, 3.05) is 18.0 Å². The number of carbonyl (C=O) groups excluding carboxylic acids is 1. The van der Waals surface area contributed by atoms with Crippen LogP contribution < -0.4 is 10.6 Å². The third-order valence-electron chi connectivity index (χ3n) is 2.45. The average molecular weight is 265 g/mol. The monoisotopic (exact) mass is 264 g/mol. The number of amides is 1. The molecule has 1 amide bonds. The lowest BCUT2D eigenvalue weighted by Gasteiger charge is -2.21. The summed E-state index contributed by atoms with van der Waals surface area (Å²) in [6.07, 6.45) is 1.46. The smallest absolute Gasteiger partial charge is 0.293 e. The molecule has 0 atom stereocenters. The minimum Gasteiger partial charge on any atom is -0.459 e. The summed E-state index contributed by atoms with van der Waals surface area (Å²) < 4.78 is 5.11. The number of rotatable bonds is 4. The molecule has 0 saturated carbocycles. The van der Waals surface area contributed by atoms with E-state index in [-0.39, 0.29) is 11.7 Å². The van der Waals surface area contributed by atoms with Crippen LogP contribution in [0.3, 0.4) is 0 Å². The molecule has 0 aliphatic heterocycles. The summed E-state index contributed by atoms with van der Waals surface area (Å²) in [6, 6.07) is 10.4. The predicted molar refractivity (Wildman–Crippen MR) is 70.9 cm³/mol. The number of halogens is 1. The highest BCUT2D eigenvalue weighted by Crippen LogP contribution is 2.21. The lowest BCUT2D eigenvalue weighted by molar-refractivity contribution is 0.0961. The Morgan fingerprint density at radius 1 is 1.33 bits per heavy atom. The molecule has 5 heteroatoms. The highest BCUT2D eigenvalue weighted by molar-refractivity contribution is 6.31. The molecule has 0 bridgehead atoms. The van der Waals surface area contributed by atoms with E-state index in [1.807, 2.05) is 6.07 Å². The summed E-state index contributed by atoms with van der Waals surface area (Å²) in [7, 11) is 0. The van der Waals surface area contributed by atoms with Crippen molar-refractivity contribution in [1.29, 1.82) is 0 Å². The van der Waals surface area contributed by atoms with E-state index in [9.17, 15) is 4.79 Å². The Bertz CT molecular complexity index is 526. The summed E-state index contributed by atoms with van der Waals surface area (Å²) in [4.78, 5) is 13.8. The first-order chi connectivity index (χ1) is 8.72. The third kappa shape index (κ3) is 2.72. The molecule has 0 radical (unpaired) electrons. The quantitative estimate of drug-likeness (QED) is 0.923. The number of benzene rings is 1. The lowest BCUT2D eigenvalue weighted by Crippen LogP contribution is -2.35. The van der Waals surface area contributed by atoms with Gasteiger partial charge in [-0.25, -0.2) is 0 Å². The van der Waals surface area contributed by atoms with Crippen molar-refractivity contribution in [3.05, 3.63) is 53.4 Å². The molecule has 2 rings (SSSR count). The van der Waals surface area contributed by atoms with Crippen molar-refractivity contribution >= 4 is 23.2 Å². The Morgan fingerprint density at radius 3 is 2.78 bits per heavy atom. The normalized spacial score (nSPS) is 10.3. The van der Waals surface area contributed by atoms with Crippen LogP contribution in [0.1, 0.15) is 10.6 Å². The Balaban J connectivity index is 2.31. The van der Waals surface area contributed by atoms with Gasteiger partial charge in [-0.05, 0) is 30.3 Å². The van der Waals surface area contributed by atoms with Crippen molar-refractivity contribution in [3.63, 3.8) is 0 Å². The van der Waals surface area contributed by atoms with E-state index in [1.165, 1.54) is 6.26 Å². The van der Waals surface area contributed by atoms with E-state index in [1.54, 1.807) is 35.2 Å². The largest absolute Gasteiger partial charge is 0.459 e. The van der Waals surface area contributed by atoms with Gasteiger partial charge in [0.25, 0.3) is 5.91 Å². The van der Waals surface area contributed by atoms with Gasteiger partial charge in [0, 0.05) is 23.8 Å². The van der Waals surface area contributed by atoms with Crippen LogP contribution in [0.2, 0.25) is 5.02 Å². The number of hydrogen-bond acceptors (Lipinski definition) is 3. The Hall–Kier alpha value is -1.78. The van der Waals surface area contributed by atoms with E-state index in [4.69, 9.17) is 21.8 Å². The van der Waals surface area contributed by atoms with Gasteiger partial charge in [-0.1, -0.05) is 17.7 Å². The molecule has 0 spiro atoms. The summed E-state index contributed by atoms with van der Waals surface area (Å²) in [6.45, 7) is 0.763. The minimum absolute atomic E-state index is 0.229. The number of anilines is 1. The fourth-order valence-corrected chi connectivity index (χ4v) is 1.84. The van der Waals surface area contributed by atoms with Crippen molar-refractivity contribution in [1.82, 2.24) is 0 Å². The van der Waals surface area contributed by atoms with Gasteiger partial charge < -0.3 is 15.1 Å². The summed E-state index contributed by atoms with van der Waals surface area (Å²) >= 11 is 5.93. The Labute approximate surface area is 110 Å². The molecule has 1 aromatic carbocycles. The standard InChI is InChI=1S/C13H13ClN2O2/c14-10-3-1-4-11(9-10)16(7-6-15)13(17)12-5-2-8-18-12/h1-5,8-9H,6-7,15H2. The first kappa shape index (κ1) is 12.7. The van der Waals surface area contributed by atoms with E-state index in [2.05, 4.69) is 0 Å². The van der Waals surface area contributed by atoms with Gasteiger partial charge in [0.05, 0.1) is 6.26 Å². The van der Waals surface area contributed by atoms with Gasteiger partial charge in [-0.2, -0.15) is 0 Å². The molecule has 4 nitrogen and oxygen atoms in total. The summed E-state index contributed by atoms with van der Waals surface area (Å²) in [5, 5.41) is 0.571. The van der Waals surface area contributed by atoms with Crippen molar-refractivity contribution in [3.8, 4) is 0 Å². The molecule has 1 aromatic heterocycles. The maximum atomic E-state index is 12.2. The topological polar surface area (TPSA) is 59.5 Å². The predicted octanol–water partition coefficient (Wildman–Crippen LogP) is 2.54. The van der Waals surface area contributed by atoms with E-state index < -0.39 is 0 Å². The number of carbonyl (C=O) groups is 1. The first-order valence-corrected chi connectivity index (χ1v) is 5.91. The van der Waals surface area contributed by atoms with Crippen molar-refractivity contribution in [2.45, 2.75) is 0 Å². The average Bonchev–Trinajstić information content (AvgIpc) is 2.89. The lowest BCUT2D eigenvalue weighted by atomic mass is 10.2. The fraction of sp³-hybridized carbons (Fsp3) is 0.154. The van der Waals surface area contributed by atoms with Gasteiger partial charge >= 0.3 is 0 Å². The van der Waals surface area contributed by atoms with Gasteiger partial charge in [0.1, 0.15) is 0 Å². The van der Waals surface area contributed by atoms with Crippen molar-refractivity contribution < 1.29 is 9.21 Å². The zero-order chi connectivity index (χ0) is 13.0. The molecule has 18 heavy (non-hydrogen) atoms. The van der Waals surface area contributed by atoms with Crippen LogP contribution in [0.4, 0.5) is 5.69 Å². The first-order valence-electron chi connectivity index (χ1n) is 5.53. The molecule has 0 aliphatic carbocycles. The van der Waals surface area contributed by atoms with E-state index in [0.717, 1.165) is 0 Å². The highest BCUT2D eigenvalue weighted by atomic mass is 35.5.